The van der Waals surface area contributed by atoms with Crippen LogP contribution in [-0.4, -0.2) is 65.5 Å². The number of amides is 3. The van der Waals surface area contributed by atoms with Crippen LogP contribution in [0.15, 0.2) is 28.3 Å². The van der Waals surface area contributed by atoms with Crippen molar-refractivity contribution in [1.29, 1.82) is 0 Å². The standard InChI is InChI=1S/C17H24N4O4S2/c1-17(2)15(22)21(16(23)19-17)10-5-11-26-14-7-6-13(12-18-14)27(24,25)20-8-3-4-9-20/h6-7,12H,3-5,8-11H2,1-2H3,(H,19,23). The first kappa shape index (κ1) is 20.1. The summed E-state index contributed by atoms with van der Waals surface area (Å²) >= 11 is 1.47. The van der Waals surface area contributed by atoms with Crippen LogP contribution in [-0.2, 0) is 14.8 Å². The van der Waals surface area contributed by atoms with Gasteiger partial charge in [0.05, 0.1) is 5.03 Å². The van der Waals surface area contributed by atoms with Crippen LogP contribution in [0.3, 0.4) is 0 Å². The largest absolute Gasteiger partial charge is 0.325 e. The van der Waals surface area contributed by atoms with E-state index in [0.717, 1.165) is 12.8 Å². The number of pyridine rings is 1. The van der Waals surface area contributed by atoms with Gasteiger partial charge in [-0.1, -0.05) is 0 Å². The van der Waals surface area contributed by atoms with Gasteiger partial charge in [-0.2, -0.15) is 4.31 Å². The van der Waals surface area contributed by atoms with E-state index in [1.54, 1.807) is 26.0 Å². The maximum Gasteiger partial charge on any atom is 0.325 e. The second-order valence-corrected chi connectivity index (χ2v) is 10.2. The van der Waals surface area contributed by atoms with Crippen LogP contribution in [0.25, 0.3) is 0 Å². The number of urea groups is 1. The highest BCUT2D eigenvalue weighted by Gasteiger charge is 2.43. The quantitative estimate of drug-likeness (QED) is 0.416. The third kappa shape index (κ3) is 4.27. The van der Waals surface area contributed by atoms with E-state index in [0.29, 0.717) is 36.8 Å². The summed E-state index contributed by atoms with van der Waals surface area (Å²) in [5, 5.41) is 3.37. The van der Waals surface area contributed by atoms with Crippen LogP contribution in [0, 0.1) is 0 Å². The zero-order chi connectivity index (χ0) is 19.7. The van der Waals surface area contributed by atoms with E-state index >= 15 is 0 Å². The summed E-state index contributed by atoms with van der Waals surface area (Å²) in [6.45, 7) is 4.85. The molecular formula is C17H24N4O4S2. The molecule has 1 N–H and O–H groups in total. The number of nitrogens with zero attached hydrogens (tertiary/aromatic N) is 3. The van der Waals surface area contributed by atoms with Crippen molar-refractivity contribution in [3.63, 3.8) is 0 Å². The van der Waals surface area contributed by atoms with Crippen molar-refractivity contribution in [2.45, 2.75) is 48.6 Å². The second-order valence-electron chi connectivity index (χ2n) is 7.16. The van der Waals surface area contributed by atoms with Crippen molar-refractivity contribution in [1.82, 2.24) is 19.5 Å². The van der Waals surface area contributed by atoms with Crippen LogP contribution in [0.4, 0.5) is 4.79 Å². The number of sulfonamides is 1. The number of hydrogen-bond acceptors (Lipinski definition) is 6. The van der Waals surface area contributed by atoms with Gasteiger partial charge >= 0.3 is 6.03 Å². The molecule has 1 aromatic heterocycles. The van der Waals surface area contributed by atoms with Crippen molar-refractivity contribution < 1.29 is 18.0 Å². The first-order chi connectivity index (χ1) is 12.7. The predicted octanol–water partition coefficient (Wildman–Crippen LogP) is 1.68. The van der Waals surface area contributed by atoms with Crippen LogP contribution in [0.2, 0.25) is 0 Å². The number of imide groups is 1. The molecule has 2 fully saturated rings. The van der Waals surface area contributed by atoms with Crippen molar-refractivity contribution in [2.75, 3.05) is 25.4 Å². The molecule has 1 aromatic rings. The lowest BCUT2D eigenvalue weighted by Gasteiger charge is -2.16. The molecule has 0 radical (unpaired) electrons. The Morgan fingerprint density at radius 2 is 1.93 bits per heavy atom. The first-order valence-electron chi connectivity index (χ1n) is 8.95. The van der Waals surface area contributed by atoms with Crippen LogP contribution >= 0.6 is 11.8 Å². The highest BCUT2D eigenvalue weighted by atomic mass is 32.2. The lowest BCUT2D eigenvalue weighted by Crippen LogP contribution is -2.40. The number of carbonyl (C=O) groups excluding carboxylic acids is 2. The summed E-state index contributed by atoms with van der Waals surface area (Å²) in [4.78, 5) is 29.6. The zero-order valence-electron chi connectivity index (χ0n) is 15.5. The van der Waals surface area contributed by atoms with E-state index in [1.807, 2.05) is 0 Å². The topological polar surface area (TPSA) is 99.7 Å². The number of rotatable bonds is 7. The Kier molecular flexibility index (Phi) is 5.78. The molecule has 10 heteroatoms. The normalized spacial score (nSPS) is 20.3. The minimum absolute atomic E-state index is 0.216. The highest BCUT2D eigenvalue weighted by Crippen LogP contribution is 2.23. The molecule has 148 valence electrons. The molecule has 0 aromatic carbocycles. The van der Waals surface area contributed by atoms with Gasteiger partial charge in [0.15, 0.2) is 0 Å². The molecule has 0 unspecified atom stereocenters. The Hall–Kier alpha value is -1.65. The molecule has 2 saturated heterocycles. The maximum atomic E-state index is 12.5. The van der Waals surface area contributed by atoms with Gasteiger partial charge in [0.1, 0.15) is 10.4 Å². The average Bonchev–Trinajstić information content (AvgIpc) is 3.22. The lowest BCUT2D eigenvalue weighted by molar-refractivity contribution is -0.130. The Morgan fingerprint density at radius 3 is 2.48 bits per heavy atom. The minimum atomic E-state index is -3.44. The fourth-order valence-electron chi connectivity index (χ4n) is 3.10. The van der Waals surface area contributed by atoms with E-state index < -0.39 is 15.6 Å². The Balaban J connectivity index is 1.50. The van der Waals surface area contributed by atoms with Gasteiger partial charge in [-0.15, -0.1) is 11.8 Å². The SMILES string of the molecule is CC1(C)NC(=O)N(CCCSc2ccc(S(=O)(=O)N3CCCC3)cn2)C1=O. The van der Waals surface area contributed by atoms with Gasteiger partial charge in [0.2, 0.25) is 10.0 Å². The van der Waals surface area contributed by atoms with Gasteiger partial charge in [-0.05, 0) is 45.2 Å². The minimum Gasteiger partial charge on any atom is -0.324 e. The first-order valence-corrected chi connectivity index (χ1v) is 11.4. The van der Waals surface area contributed by atoms with E-state index in [2.05, 4.69) is 10.3 Å². The van der Waals surface area contributed by atoms with Crippen LogP contribution in [0.5, 0.6) is 0 Å². The molecule has 8 nitrogen and oxygen atoms in total. The third-order valence-corrected chi connectivity index (χ3v) is 7.54. The fourth-order valence-corrected chi connectivity index (χ4v) is 5.34. The second kappa shape index (κ2) is 7.76. The molecule has 0 atom stereocenters. The summed E-state index contributed by atoms with van der Waals surface area (Å²) in [6.07, 6.45) is 3.83. The third-order valence-electron chi connectivity index (χ3n) is 4.63. The van der Waals surface area contributed by atoms with E-state index in [1.165, 1.54) is 27.2 Å². The molecule has 27 heavy (non-hydrogen) atoms. The smallest absolute Gasteiger partial charge is 0.324 e. The molecule has 0 saturated carbocycles. The van der Waals surface area contributed by atoms with Gasteiger partial charge in [0, 0.05) is 31.6 Å². The van der Waals surface area contributed by atoms with Gasteiger partial charge in [-0.3, -0.25) is 9.69 Å². The van der Waals surface area contributed by atoms with Crippen molar-refractivity contribution >= 4 is 33.7 Å². The summed E-state index contributed by atoms with van der Waals surface area (Å²) in [7, 11) is -3.44. The molecule has 3 heterocycles. The molecule has 3 rings (SSSR count). The number of carbonyl (C=O) groups is 2. The molecule has 3 amide bonds. The van der Waals surface area contributed by atoms with Crippen molar-refractivity contribution in [3.05, 3.63) is 18.3 Å². The molecule has 0 spiro atoms. The summed E-state index contributed by atoms with van der Waals surface area (Å²) in [5.74, 6) is 0.454. The molecule has 0 aliphatic carbocycles. The van der Waals surface area contributed by atoms with Gasteiger partial charge in [-0.25, -0.2) is 18.2 Å². The molecule has 2 aliphatic heterocycles. The van der Waals surface area contributed by atoms with E-state index in [4.69, 9.17) is 0 Å². The van der Waals surface area contributed by atoms with Gasteiger partial charge in [0.25, 0.3) is 5.91 Å². The van der Waals surface area contributed by atoms with Gasteiger partial charge < -0.3 is 5.32 Å². The number of nitrogens with one attached hydrogen (secondary N) is 1. The monoisotopic (exact) mass is 412 g/mol. The van der Waals surface area contributed by atoms with Crippen molar-refractivity contribution in [3.8, 4) is 0 Å². The van der Waals surface area contributed by atoms with Crippen LogP contribution < -0.4 is 5.32 Å². The zero-order valence-corrected chi connectivity index (χ0v) is 17.1. The molecular weight excluding hydrogens is 388 g/mol. The summed E-state index contributed by atoms with van der Waals surface area (Å²) < 4.78 is 26.4. The Labute approximate surface area is 163 Å². The lowest BCUT2D eigenvalue weighted by atomic mass is 10.1. The Bertz CT molecular complexity index is 818. The number of thioether (sulfide) groups is 1. The average molecular weight is 413 g/mol. The van der Waals surface area contributed by atoms with E-state index in [9.17, 15) is 18.0 Å². The maximum absolute atomic E-state index is 12.5. The van der Waals surface area contributed by atoms with Crippen molar-refractivity contribution in [2.24, 2.45) is 0 Å². The summed E-state index contributed by atoms with van der Waals surface area (Å²) in [6, 6.07) is 2.93. The fraction of sp³-hybridized carbons (Fsp3) is 0.588. The Morgan fingerprint density at radius 1 is 1.22 bits per heavy atom. The van der Waals surface area contributed by atoms with E-state index in [-0.39, 0.29) is 16.8 Å². The molecule has 0 bridgehead atoms. The predicted molar refractivity (Wildman–Crippen MR) is 102 cm³/mol. The highest BCUT2D eigenvalue weighted by molar-refractivity contribution is 7.99. The number of hydrogen-bond donors (Lipinski definition) is 1. The number of aromatic nitrogens is 1. The van der Waals surface area contributed by atoms with Crippen LogP contribution in [0.1, 0.15) is 33.1 Å². The molecule has 2 aliphatic rings. The summed E-state index contributed by atoms with van der Waals surface area (Å²) in [5.41, 5.74) is -0.845.